The topological polar surface area (TPSA) is 73.3 Å². The SMILES string of the molecule is COCCOCC(=O)Nc1nnc(C23CC4CC(CC(C4)C2)C3)s1. The Morgan fingerprint density at radius 1 is 1.17 bits per heavy atom. The average molecular weight is 351 g/mol. The summed E-state index contributed by atoms with van der Waals surface area (Å²) in [7, 11) is 1.61. The Hall–Kier alpha value is -1.05. The molecular formula is C17H25N3O3S. The first-order chi connectivity index (χ1) is 11.7. The fourth-order valence-electron chi connectivity index (χ4n) is 5.32. The minimum Gasteiger partial charge on any atom is -0.382 e. The van der Waals surface area contributed by atoms with Crippen molar-refractivity contribution in [3.63, 3.8) is 0 Å². The van der Waals surface area contributed by atoms with Crippen LogP contribution < -0.4 is 5.32 Å². The lowest BCUT2D eigenvalue weighted by Crippen LogP contribution is -2.48. The van der Waals surface area contributed by atoms with Crippen LogP contribution in [0.5, 0.6) is 0 Å². The number of hydrogen-bond acceptors (Lipinski definition) is 6. The zero-order chi connectivity index (χ0) is 16.6. The lowest BCUT2D eigenvalue weighted by molar-refractivity contribution is -0.121. The average Bonchev–Trinajstić information content (AvgIpc) is 2.99. The summed E-state index contributed by atoms with van der Waals surface area (Å²) >= 11 is 1.56. The second kappa shape index (κ2) is 6.69. The first-order valence-corrected chi connectivity index (χ1v) is 9.69. The van der Waals surface area contributed by atoms with Gasteiger partial charge in [0.2, 0.25) is 5.13 Å². The first-order valence-electron chi connectivity index (χ1n) is 8.87. The number of carbonyl (C=O) groups is 1. The molecule has 4 bridgehead atoms. The molecule has 0 aromatic carbocycles. The molecule has 6 nitrogen and oxygen atoms in total. The minimum absolute atomic E-state index is 0.0235. The lowest BCUT2D eigenvalue weighted by atomic mass is 9.50. The molecule has 24 heavy (non-hydrogen) atoms. The van der Waals surface area contributed by atoms with E-state index in [1.54, 1.807) is 18.4 Å². The van der Waals surface area contributed by atoms with Gasteiger partial charge in [-0.3, -0.25) is 10.1 Å². The van der Waals surface area contributed by atoms with Crippen molar-refractivity contribution in [2.45, 2.75) is 43.9 Å². The van der Waals surface area contributed by atoms with Gasteiger partial charge in [0.1, 0.15) is 11.6 Å². The van der Waals surface area contributed by atoms with Gasteiger partial charge in [-0.05, 0) is 56.3 Å². The Bertz CT molecular complexity index is 568. The number of hydrogen-bond donors (Lipinski definition) is 1. The Morgan fingerprint density at radius 2 is 1.83 bits per heavy atom. The van der Waals surface area contributed by atoms with Gasteiger partial charge in [-0.1, -0.05) is 11.3 Å². The highest BCUT2D eigenvalue weighted by molar-refractivity contribution is 7.15. The number of methoxy groups -OCH3 is 1. The number of nitrogens with one attached hydrogen (secondary N) is 1. The maximum atomic E-state index is 11.9. The smallest absolute Gasteiger partial charge is 0.252 e. The molecule has 0 aliphatic heterocycles. The zero-order valence-electron chi connectivity index (χ0n) is 14.1. The third kappa shape index (κ3) is 3.21. The van der Waals surface area contributed by atoms with Crippen molar-refractivity contribution in [1.29, 1.82) is 0 Å². The molecule has 0 radical (unpaired) electrons. The van der Waals surface area contributed by atoms with Crippen molar-refractivity contribution in [1.82, 2.24) is 10.2 Å². The molecule has 1 N–H and O–H groups in total. The van der Waals surface area contributed by atoms with E-state index in [4.69, 9.17) is 9.47 Å². The number of aromatic nitrogens is 2. The van der Waals surface area contributed by atoms with Crippen LogP contribution in [0.15, 0.2) is 0 Å². The summed E-state index contributed by atoms with van der Waals surface area (Å²) in [6.45, 7) is 0.927. The highest BCUT2D eigenvalue weighted by Crippen LogP contribution is 2.61. The summed E-state index contributed by atoms with van der Waals surface area (Å²) in [5.74, 6) is 2.46. The van der Waals surface area contributed by atoms with Crippen molar-refractivity contribution in [3.8, 4) is 0 Å². The van der Waals surface area contributed by atoms with Gasteiger partial charge in [-0.2, -0.15) is 0 Å². The van der Waals surface area contributed by atoms with E-state index in [0.717, 1.165) is 22.8 Å². The molecule has 5 rings (SSSR count). The first kappa shape index (κ1) is 16.4. The van der Waals surface area contributed by atoms with Crippen LogP contribution in [0, 0.1) is 17.8 Å². The maximum absolute atomic E-state index is 11.9. The monoisotopic (exact) mass is 351 g/mol. The Morgan fingerprint density at radius 3 is 2.46 bits per heavy atom. The van der Waals surface area contributed by atoms with E-state index in [1.807, 2.05) is 0 Å². The Kier molecular flexibility index (Phi) is 4.58. The van der Waals surface area contributed by atoms with Gasteiger partial charge in [0, 0.05) is 12.5 Å². The zero-order valence-corrected chi connectivity index (χ0v) is 14.9. The molecule has 0 spiro atoms. The molecule has 4 fully saturated rings. The van der Waals surface area contributed by atoms with E-state index in [0.29, 0.717) is 18.3 Å². The molecule has 0 unspecified atom stereocenters. The predicted molar refractivity (Wildman–Crippen MR) is 91.1 cm³/mol. The van der Waals surface area contributed by atoms with Gasteiger partial charge in [-0.15, -0.1) is 10.2 Å². The van der Waals surface area contributed by atoms with Crippen molar-refractivity contribution in [2.24, 2.45) is 17.8 Å². The van der Waals surface area contributed by atoms with Crippen LogP contribution in [0.2, 0.25) is 0 Å². The Labute approximate surface area is 146 Å². The standard InChI is InChI=1S/C17H25N3O3S/c1-22-2-3-23-10-14(21)18-16-20-19-15(24-16)17-7-11-4-12(8-17)6-13(5-11)9-17/h11-13H,2-10H2,1H3,(H,18,20,21). The van der Waals surface area contributed by atoms with Crippen LogP contribution in [-0.4, -0.2) is 43.0 Å². The highest BCUT2D eigenvalue weighted by Gasteiger charge is 2.53. The molecule has 7 heteroatoms. The van der Waals surface area contributed by atoms with E-state index in [1.165, 1.54) is 38.5 Å². The van der Waals surface area contributed by atoms with E-state index in [2.05, 4.69) is 15.5 Å². The fraction of sp³-hybridized carbons (Fsp3) is 0.824. The number of ether oxygens (including phenoxy) is 2. The normalized spacial score (nSPS) is 33.8. The number of anilines is 1. The summed E-state index contributed by atoms with van der Waals surface area (Å²) < 4.78 is 10.1. The van der Waals surface area contributed by atoms with Crippen LogP contribution in [0.4, 0.5) is 5.13 Å². The van der Waals surface area contributed by atoms with E-state index in [9.17, 15) is 4.79 Å². The van der Waals surface area contributed by atoms with E-state index >= 15 is 0 Å². The number of rotatable bonds is 7. The number of amides is 1. The van der Waals surface area contributed by atoms with Gasteiger partial charge in [0.25, 0.3) is 5.91 Å². The lowest BCUT2D eigenvalue weighted by Gasteiger charge is -2.55. The van der Waals surface area contributed by atoms with E-state index in [-0.39, 0.29) is 17.9 Å². The van der Waals surface area contributed by atoms with Crippen LogP contribution in [-0.2, 0) is 19.7 Å². The molecular weight excluding hydrogens is 326 g/mol. The van der Waals surface area contributed by atoms with Crippen molar-refractivity contribution in [3.05, 3.63) is 5.01 Å². The minimum atomic E-state index is -0.181. The number of carbonyl (C=O) groups excluding carboxylic acids is 1. The van der Waals surface area contributed by atoms with Crippen LogP contribution in [0.1, 0.15) is 43.5 Å². The molecule has 1 aromatic rings. The quantitative estimate of drug-likeness (QED) is 0.765. The van der Waals surface area contributed by atoms with Crippen molar-refractivity contribution >= 4 is 22.4 Å². The van der Waals surface area contributed by atoms with Crippen LogP contribution in [0.25, 0.3) is 0 Å². The largest absolute Gasteiger partial charge is 0.382 e. The van der Waals surface area contributed by atoms with Crippen molar-refractivity contribution in [2.75, 3.05) is 32.2 Å². The van der Waals surface area contributed by atoms with Gasteiger partial charge in [0.15, 0.2) is 0 Å². The molecule has 0 atom stereocenters. The van der Waals surface area contributed by atoms with Gasteiger partial charge in [-0.25, -0.2) is 0 Å². The second-order valence-corrected chi connectivity index (χ2v) is 8.68. The summed E-state index contributed by atoms with van der Waals surface area (Å²) in [6.07, 6.45) is 8.05. The fourth-order valence-corrected chi connectivity index (χ4v) is 6.30. The molecule has 0 saturated heterocycles. The summed E-state index contributed by atoms with van der Waals surface area (Å²) in [4.78, 5) is 11.9. The predicted octanol–water partition coefficient (Wildman–Crippen LogP) is 2.61. The molecule has 4 aliphatic carbocycles. The van der Waals surface area contributed by atoms with Gasteiger partial charge < -0.3 is 9.47 Å². The third-order valence-electron chi connectivity index (χ3n) is 5.83. The molecule has 4 saturated carbocycles. The van der Waals surface area contributed by atoms with E-state index < -0.39 is 0 Å². The Balaban J connectivity index is 1.37. The molecule has 1 aromatic heterocycles. The summed E-state index contributed by atoms with van der Waals surface area (Å²) in [6, 6.07) is 0. The number of nitrogens with zero attached hydrogens (tertiary/aromatic N) is 2. The summed E-state index contributed by atoms with van der Waals surface area (Å²) in [5.41, 5.74) is 0.240. The molecule has 132 valence electrons. The third-order valence-corrected chi connectivity index (χ3v) is 6.91. The highest BCUT2D eigenvalue weighted by atomic mass is 32.1. The summed E-state index contributed by atoms with van der Waals surface area (Å²) in [5, 5.41) is 13.2. The van der Waals surface area contributed by atoms with Gasteiger partial charge >= 0.3 is 0 Å². The molecule has 1 amide bonds. The van der Waals surface area contributed by atoms with Crippen LogP contribution >= 0.6 is 11.3 Å². The van der Waals surface area contributed by atoms with Gasteiger partial charge in [0.05, 0.1) is 13.2 Å². The molecule has 4 aliphatic rings. The van der Waals surface area contributed by atoms with Crippen LogP contribution in [0.3, 0.4) is 0 Å². The maximum Gasteiger partial charge on any atom is 0.252 e. The van der Waals surface area contributed by atoms with Crippen molar-refractivity contribution < 1.29 is 14.3 Å². The molecule has 1 heterocycles. The second-order valence-electron chi connectivity index (χ2n) is 7.70.